The standard InChI is InChI=1S/C8H8F5NO7S/c1-4(8(11,12)13)5(15)21-3-14-6(16)20-2-7(9,10)22(17,18)19/h1-3H2,(H,14,16)(H,17,18,19). The van der Waals surface area contributed by atoms with Gasteiger partial charge in [0.05, 0.1) is 0 Å². The number of hydrogen-bond acceptors (Lipinski definition) is 6. The highest BCUT2D eigenvalue weighted by atomic mass is 32.2. The number of carbonyl (C=O) groups excluding carboxylic acids is 2. The monoisotopic (exact) mass is 357 g/mol. The van der Waals surface area contributed by atoms with E-state index in [9.17, 15) is 40.0 Å². The van der Waals surface area contributed by atoms with Crippen LogP contribution in [0, 0.1) is 0 Å². The Bertz CT molecular complexity index is 556. The van der Waals surface area contributed by atoms with E-state index in [1.807, 2.05) is 0 Å². The fourth-order valence-electron chi connectivity index (χ4n) is 0.638. The molecule has 0 aromatic rings. The number of amides is 1. The Morgan fingerprint density at radius 2 is 1.64 bits per heavy atom. The molecule has 0 atom stereocenters. The van der Waals surface area contributed by atoms with Gasteiger partial charge in [-0.1, -0.05) is 6.58 Å². The molecular formula is C8H8F5NO7S. The van der Waals surface area contributed by atoms with Crippen LogP contribution in [0.3, 0.4) is 0 Å². The van der Waals surface area contributed by atoms with Crippen LogP contribution in [0.15, 0.2) is 12.2 Å². The van der Waals surface area contributed by atoms with Crippen LogP contribution in [-0.4, -0.2) is 49.8 Å². The predicted molar refractivity (Wildman–Crippen MR) is 57.1 cm³/mol. The molecule has 1 amide bonds. The summed E-state index contributed by atoms with van der Waals surface area (Å²) in [6, 6.07) is 0. The summed E-state index contributed by atoms with van der Waals surface area (Å²) in [6.07, 6.45) is -6.80. The second-order valence-corrected chi connectivity index (χ2v) is 4.97. The Hall–Kier alpha value is -1.96. The first kappa shape index (κ1) is 20.0. The van der Waals surface area contributed by atoms with Crippen LogP contribution in [0.4, 0.5) is 26.7 Å². The Morgan fingerprint density at radius 3 is 2.05 bits per heavy atom. The highest BCUT2D eigenvalue weighted by Gasteiger charge is 2.45. The van der Waals surface area contributed by atoms with Gasteiger partial charge >= 0.3 is 33.6 Å². The van der Waals surface area contributed by atoms with Crippen LogP contribution in [0.5, 0.6) is 0 Å². The largest absolute Gasteiger partial charge is 0.442 e. The highest BCUT2D eigenvalue weighted by molar-refractivity contribution is 7.86. The van der Waals surface area contributed by atoms with Crippen molar-refractivity contribution < 1.29 is 54.0 Å². The summed E-state index contributed by atoms with van der Waals surface area (Å²) < 4.78 is 97.0. The van der Waals surface area contributed by atoms with Crippen molar-refractivity contribution in [3.63, 3.8) is 0 Å². The number of halogens is 5. The molecule has 8 nitrogen and oxygen atoms in total. The third-order valence-electron chi connectivity index (χ3n) is 1.76. The maximum Gasteiger partial charge on any atom is 0.422 e. The van der Waals surface area contributed by atoms with Gasteiger partial charge in [0.1, 0.15) is 5.57 Å². The third-order valence-corrected chi connectivity index (χ3v) is 2.63. The average Bonchev–Trinajstić information content (AvgIpc) is 2.32. The molecule has 0 unspecified atom stereocenters. The van der Waals surface area contributed by atoms with Crippen molar-refractivity contribution in [2.45, 2.75) is 11.4 Å². The molecule has 0 fully saturated rings. The molecule has 0 radical (unpaired) electrons. The van der Waals surface area contributed by atoms with E-state index in [0.717, 1.165) is 0 Å². The number of ether oxygens (including phenoxy) is 2. The van der Waals surface area contributed by atoms with E-state index in [0.29, 0.717) is 0 Å². The van der Waals surface area contributed by atoms with Gasteiger partial charge in [-0.05, 0) is 0 Å². The van der Waals surface area contributed by atoms with Crippen molar-refractivity contribution in [1.82, 2.24) is 5.32 Å². The van der Waals surface area contributed by atoms with Crippen molar-refractivity contribution in [2.24, 2.45) is 0 Å². The van der Waals surface area contributed by atoms with Gasteiger partial charge < -0.3 is 9.47 Å². The lowest BCUT2D eigenvalue weighted by atomic mass is 10.3. The molecule has 14 heteroatoms. The molecule has 0 aromatic heterocycles. The van der Waals surface area contributed by atoms with E-state index in [1.165, 1.54) is 5.32 Å². The van der Waals surface area contributed by atoms with Crippen LogP contribution in [0.25, 0.3) is 0 Å². The molecule has 0 rings (SSSR count). The minimum absolute atomic E-state index is 1.19. The van der Waals surface area contributed by atoms with E-state index in [4.69, 9.17) is 4.55 Å². The number of alkyl carbamates (subject to hydrolysis) is 1. The zero-order valence-electron chi connectivity index (χ0n) is 10.3. The van der Waals surface area contributed by atoms with Gasteiger partial charge in [0.15, 0.2) is 13.3 Å². The number of hydrogen-bond donors (Lipinski definition) is 2. The normalized spacial score (nSPS) is 12.5. The van der Waals surface area contributed by atoms with Gasteiger partial charge in [0.2, 0.25) is 0 Å². The van der Waals surface area contributed by atoms with Gasteiger partial charge in [0.25, 0.3) is 0 Å². The lowest BCUT2D eigenvalue weighted by Crippen LogP contribution is -2.37. The highest BCUT2D eigenvalue weighted by Crippen LogP contribution is 2.24. The Balaban J connectivity index is 4.23. The Kier molecular flexibility index (Phi) is 6.25. The maximum atomic E-state index is 12.6. The molecule has 0 aliphatic rings. The molecular weight excluding hydrogens is 349 g/mol. The van der Waals surface area contributed by atoms with E-state index in [1.54, 1.807) is 0 Å². The van der Waals surface area contributed by atoms with Crippen molar-refractivity contribution in [1.29, 1.82) is 0 Å². The SMILES string of the molecule is C=C(C(=O)OCNC(=O)OCC(F)(F)S(=O)(=O)O)C(F)(F)F. The van der Waals surface area contributed by atoms with Gasteiger partial charge in [-0.25, -0.2) is 9.59 Å². The summed E-state index contributed by atoms with van der Waals surface area (Å²) >= 11 is 0. The molecule has 0 bridgehead atoms. The maximum absolute atomic E-state index is 12.6. The molecule has 0 saturated carbocycles. The van der Waals surface area contributed by atoms with Crippen LogP contribution in [-0.2, 0) is 24.4 Å². The average molecular weight is 357 g/mol. The minimum Gasteiger partial charge on any atom is -0.442 e. The lowest BCUT2D eigenvalue weighted by Gasteiger charge is -2.14. The molecule has 0 heterocycles. The van der Waals surface area contributed by atoms with E-state index in [2.05, 4.69) is 16.1 Å². The fourth-order valence-corrected chi connectivity index (χ4v) is 0.846. The summed E-state index contributed by atoms with van der Waals surface area (Å²) in [5.74, 6) is -1.93. The Labute approximate surface area is 119 Å². The number of nitrogens with one attached hydrogen (secondary N) is 1. The lowest BCUT2D eigenvalue weighted by molar-refractivity contribution is -0.151. The second-order valence-electron chi connectivity index (χ2n) is 3.42. The first-order chi connectivity index (χ1) is 9.68. The molecule has 0 saturated heterocycles. The van der Waals surface area contributed by atoms with Crippen molar-refractivity contribution in [3.8, 4) is 0 Å². The molecule has 0 aliphatic heterocycles. The fraction of sp³-hybridized carbons (Fsp3) is 0.500. The number of carbonyl (C=O) groups is 2. The van der Waals surface area contributed by atoms with E-state index < -0.39 is 52.5 Å². The zero-order chi connectivity index (χ0) is 17.8. The Morgan fingerprint density at radius 1 is 1.14 bits per heavy atom. The molecule has 128 valence electrons. The zero-order valence-corrected chi connectivity index (χ0v) is 11.1. The van der Waals surface area contributed by atoms with Gasteiger partial charge in [0, 0.05) is 0 Å². The van der Waals surface area contributed by atoms with Crippen LogP contribution < -0.4 is 5.32 Å². The second kappa shape index (κ2) is 6.87. The first-order valence-corrected chi connectivity index (χ1v) is 6.31. The quantitative estimate of drug-likeness (QED) is 0.237. The first-order valence-electron chi connectivity index (χ1n) is 4.87. The number of esters is 1. The van der Waals surface area contributed by atoms with E-state index >= 15 is 0 Å². The topological polar surface area (TPSA) is 119 Å². The van der Waals surface area contributed by atoms with Crippen LogP contribution in [0.1, 0.15) is 0 Å². The summed E-state index contributed by atoms with van der Waals surface area (Å²) in [5.41, 5.74) is -1.87. The van der Waals surface area contributed by atoms with Crippen LogP contribution in [0.2, 0.25) is 0 Å². The summed E-state index contributed by atoms with van der Waals surface area (Å²) in [6.45, 7) is -0.877. The molecule has 2 N–H and O–H groups in total. The molecule has 0 aromatic carbocycles. The van der Waals surface area contributed by atoms with Gasteiger partial charge in [-0.2, -0.15) is 30.4 Å². The number of rotatable bonds is 6. The van der Waals surface area contributed by atoms with Crippen molar-refractivity contribution in [2.75, 3.05) is 13.3 Å². The van der Waals surface area contributed by atoms with Crippen molar-refractivity contribution >= 4 is 22.2 Å². The smallest absolute Gasteiger partial charge is 0.422 e. The van der Waals surface area contributed by atoms with E-state index in [-0.39, 0.29) is 0 Å². The minimum atomic E-state index is -5.82. The summed E-state index contributed by atoms with van der Waals surface area (Å²) in [4.78, 5) is 21.5. The summed E-state index contributed by atoms with van der Waals surface area (Å²) in [5, 5.41) is -3.36. The molecule has 22 heavy (non-hydrogen) atoms. The molecule has 0 spiro atoms. The van der Waals surface area contributed by atoms with Crippen molar-refractivity contribution in [3.05, 3.63) is 12.2 Å². The summed E-state index contributed by atoms with van der Waals surface area (Å²) in [7, 11) is -5.82. The predicted octanol–water partition coefficient (Wildman–Crippen LogP) is 0.812. The van der Waals surface area contributed by atoms with Gasteiger partial charge in [-0.15, -0.1) is 0 Å². The number of alkyl halides is 5. The van der Waals surface area contributed by atoms with Gasteiger partial charge in [-0.3, -0.25) is 9.87 Å². The van der Waals surface area contributed by atoms with Crippen LogP contribution >= 0.6 is 0 Å². The molecule has 0 aliphatic carbocycles. The third kappa shape index (κ3) is 6.21.